The van der Waals surface area contributed by atoms with Gasteiger partial charge in [-0.25, -0.2) is 18.6 Å². The zero-order valence-corrected chi connectivity index (χ0v) is 26.9. The molecule has 0 unspecified atom stereocenters. The van der Waals surface area contributed by atoms with Crippen LogP contribution in [-0.2, 0) is 21.4 Å². The number of carbonyl (C=O) groups excluding carboxylic acids is 1. The number of rotatable bonds is 12. The molecule has 218 valence electrons. The van der Waals surface area contributed by atoms with Crippen molar-refractivity contribution < 1.29 is 22.7 Å². The fraction of sp³-hybridized carbons (Fsp3) is 0.161. The Balaban J connectivity index is 1.43. The molecule has 0 bridgehead atoms. The summed E-state index contributed by atoms with van der Waals surface area (Å²) in [6.45, 7) is 2.23. The van der Waals surface area contributed by atoms with Crippen LogP contribution in [0.1, 0.15) is 34.7 Å². The van der Waals surface area contributed by atoms with Gasteiger partial charge in [0.15, 0.2) is 11.5 Å². The summed E-state index contributed by atoms with van der Waals surface area (Å²) >= 11 is 6.95. The number of amides is 1. The van der Waals surface area contributed by atoms with Crippen molar-refractivity contribution in [2.24, 2.45) is 5.10 Å². The molecule has 2 N–H and O–H groups in total. The second kappa shape index (κ2) is 14.6. The van der Waals surface area contributed by atoms with E-state index in [1.54, 1.807) is 55.6 Å². The van der Waals surface area contributed by atoms with Gasteiger partial charge in [-0.1, -0.05) is 76.1 Å². The maximum absolute atomic E-state index is 13.1. The lowest BCUT2D eigenvalue weighted by molar-refractivity contribution is -0.121. The molecule has 4 rings (SSSR count). The van der Waals surface area contributed by atoms with Crippen LogP contribution in [0.3, 0.4) is 0 Å². The quantitative estimate of drug-likeness (QED) is 0.126. The summed E-state index contributed by atoms with van der Waals surface area (Å²) in [6, 6.07) is 26.0. The Morgan fingerprint density at radius 1 is 0.976 bits per heavy atom. The maximum atomic E-state index is 13.1. The van der Waals surface area contributed by atoms with Gasteiger partial charge < -0.3 is 9.47 Å². The number of hydrazone groups is 1. The van der Waals surface area contributed by atoms with Crippen molar-refractivity contribution in [3.63, 3.8) is 0 Å². The van der Waals surface area contributed by atoms with Gasteiger partial charge in [0.2, 0.25) is 15.9 Å². The molecule has 0 aliphatic heterocycles. The number of carbonyl (C=O) groups is 1. The molecule has 4 aromatic carbocycles. The highest BCUT2D eigenvalue weighted by Gasteiger charge is 2.23. The Bertz CT molecular complexity index is 1650. The van der Waals surface area contributed by atoms with E-state index < -0.39 is 22.0 Å². The summed E-state index contributed by atoms with van der Waals surface area (Å²) in [5.74, 6) is 0.560. The number of methoxy groups -OCH3 is 1. The Morgan fingerprint density at radius 3 is 2.33 bits per heavy atom. The number of halogens is 2. The highest BCUT2D eigenvalue weighted by atomic mass is 79.9. The van der Waals surface area contributed by atoms with Gasteiger partial charge in [0.05, 0.1) is 28.7 Å². The van der Waals surface area contributed by atoms with Crippen molar-refractivity contribution in [2.75, 3.05) is 7.11 Å². The molecule has 1 atom stereocenters. The van der Waals surface area contributed by atoms with Gasteiger partial charge in [-0.3, -0.25) is 4.79 Å². The minimum absolute atomic E-state index is 0.122. The van der Waals surface area contributed by atoms with Crippen molar-refractivity contribution in [1.29, 1.82) is 0 Å². The summed E-state index contributed by atoms with van der Waals surface area (Å²) in [5, 5.41) is 4.08. The molecular formula is C31H29Br2N3O5S. The summed E-state index contributed by atoms with van der Waals surface area (Å²) < 4.78 is 41.9. The largest absolute Gasteiger partial charge is 0.493 e. The van der Waals surface area contributed by atoms with Crippen molar-refractivity contribution in [2.45, 2.75) is 30.9 Å². The second-order valence-electron chi connectivity index (χ2n) is 9.34. The van der Waals surface area contributed by atoms with Gasteiger partial charge in [-0.05, 0) is 75.9 Å². The van der Waals surface area contributed by atoms with Crippen LogP contribution in [0.15, 0.2) is 110 Å². The second-order valence-corrected chi connectivity index (χ2v) is 12.8. The molecule has 0 fully saturated rings. The smallest absolute Gasteiger partial charge is 0.242 e. The predicted octanol–water partition coefficient (Wildman–Crippen LogP) is 6.67. The number of ether oxygens (including phenoxy) is 2. The van der Waals surface area contributed by atoms with Crippen LogP contribution in [0, 0.1) is 6.92 Å². The predicted molar refractivity (Wildman–Crippen MR) is 170 cm³/mol. The average molecular weight is 715 g/mol. The zero-order valence-electron chi connectivity index (χ0n) is 22.9. The number of hydrogen-bond acceptors (Lipinski definition) is 6. The molecule has 42 heavy (non-hydrogen) atoms. The van der Waals surface area contributed by atoms with E-state index in [2.05, 4.69) is 47.1 Å². The van der Waals surface area contributed by atoms with Crippen LogP contribution in [0.2, 0.25) is 0 Å². The molecule has 0 aliphatic carbocycles. The molecule has 0 saturated carbocycles. The lowest BCUT2D eigenvalue weighted by atomic mass is 10.0. The molecule has 11 heteroatoms. The highest BCUT2D eigenvalue weighted by Crippen LogP contribution is 2.37. The minimum atomic E-state index is -3.88. The van der Waals surface area contributed by atoms with Crippen LogP contribution in [0.25, 0.3) is 0 Å². The molecule has 0 saturated heterocycles. The first-order valence-corrected chi connectivity index (χ1v) is 15.9. The van der Waals surface area contributed by atoms with Crippen molar-refractivity contribution in [1.82, 2.24) is 10.1 Å². The molecule has 0 radical (unpaired) electrons. The highest BCUT2D eigenvalue weighted by molar-refractivity contribution is 9.10. The summed E-state index contributed by atoms with van der Waals surface area (Å²) in [4.78, 5) is 13.0. The molecule has 4 aromatic rings. The van der Waals surface area contributed by atoms with Crippen LogP contribution < -0.4 is 19.6 Å². The first-order chi connectivity index (χ1) is 20.1. The van der Waals surface area contributed by atoms with Gasteiger partial charge >= 0.3 is 0 Å². The van der Waals surface area contributed by atoms with E-state index in [0.717, 1.165) is 15.6 Å². The fourth-order valence-corrected chi connectivity index (χ4v) is 6.05. The summed E-state index contributed by atoms with van der Waals surface area (Å²) in [7, 11) is -2.34. The van der Waals surface area contributed by atoms with E-state index in [1.165, 1.54) is 18.3 Å². The average Bonchev–Trinajstić information content (AvgIpc) is 2.97. The van der Waals surface area contributed by atoms with Gasteiger partial charge in [0.1, 0.15) is 6.61 Å². The summed E-state index contributed by atoms with van der Waals surface area (Å²) in [5.41, 5.74) is 5.73. The first kappa shape index (κ1) is 31.4. The molecule has 8 nitrogen and oxygen atoms in total. The number of nitrogens with one attached hydrogen (secondary N) is 2. The molecule has 0 spiro atoms. The van der Waals surface area contributed by atoms with Crippen LogP contribution in [0.5, 0.6) is 11.5 Å². The van der Waals surface area contributed by atoms with Gasteiger partial charge in [-0.15, -0.1) is 0 Å². The third-order valence-electron chi connectivity index (χ3n) is 6.17. The Morgan fingerprint density at radius 2 is 1.67 bits per heavy atom. The Hall–Kier alpha value is -3.51. The van der Waals surface area contributed by atoms with E-state index in [-0.39, 0.29) is 11.3 Å². The number of nitrogens with zero attached hydrogens (tertiary/aromatic N) is 1. The number of hydrogen-bond donors (Lipinski definition) is 2. The molecule has 0 aromatic heterocycles. The fourth-order valence-electron chi connectivity index (χ4n) is 3.99. The Kier molecular flexibility index (Phi) is 10.9. The van der Waals surface area contributed by atoms with Crippen molar-refractivity contribution in [3.8, 4) is 11.5 Å². The van der Waals surface area contributed by atoms with E-state index in [9.17, 15) is 13.2 Å². The SMILES string of the molecule is COc1cc(/C=N\NC(=O)C[C@@H](NS(=O)(=O)c2ccc(C)cc2)c2ccccc2)cc(Br)c1OCc1ccc(Br)cc1. The van der Waals surface area contributed by atoms with E-state index in [4.69, 9.17) is 9.47 Å². The van der Waals surface area contributed by atoms with Gasteiger partial charge in [0, 0.05) is 10.9 Å². The van der Waals surface area contributed by atoms with Crippen LogP contribution >= 0.6 is 31.9 Å². The Labute approximate surface area is 262 Å². The topological polar surface area (TPSA) is 106 Å². The van der Waals surface area contributed by atoms with Gasteiger partial charge in [-0.2, -0.15) is 5.10 Å². The van der Waals surface area contributed by atoms with E-state index in [0.29, 0.717) is 33.7 Å². The zero-order chi connectivity index (χ0) is 30.1. The molecule has 1 amide bonds. The lowest BCUT2D eigenvalue weighted by Crippen LogP contribution is -2.32. The van der Waals surface area contributed by atoms with E-state index in [1.807, 2.05) is 37.3 Å². The molecule has 0 heterocycles. The molecular weight excluding hydrogens is 686 g/mol. The third-order valence-corrected chi connectivity index (χ3v) is 8.78. The van der Waals surface area contributed by atoms with Crippen molar-refractivity contribution >= 4 is 54.0 Å². The molecule has 0 aliphatic rings. The lowest BCUT2D eigenvalue weighted by Gasteiger charge is -2.18. The standard InChI is InChI=1S/C31H29Br2N3O5S/c1-21-8-14-26(15-9-21)42(38,39)36-28(24-6-4-3-5-7-24)18-30(37)35-34-19-23-16-27(33)31(29(17-23)40-2)41-20-22-10-12-25(32)13-11-22/h3-17,19,28,36H,18,20H2,1-2H3,(H,35,37)/b34-19-/t28-/m1/s1. The van der Waals surface area contributed by atoms with Crippen LogP contribution in [-0.4, -0.2) is 27.6 Å². The summed E-state index contributed by atoms with van der Waals surface area (Å²) in [6.07, 6.45) is 1.31. The van der Waals surface area contributed by atoms with Gasteiger partial charge in [0.25, 0.3) is 0 Å². The first-order valence-electron chi connectivity index (χ1n) is 12.9. The van der Waals surface area contributed by atoms with E-state index >= 15 is 0 Å². The maximum Gasteiger partial charge on any atom is 0.242 e. The monoisotopic (exact) mass is 713 g/mol. The third kappa shape index (κ3) is 8.75. The number of benzene rings is 4. The number of sulfonamides is 1. The van der Waals surface area contributed by atoms with Crippen molar-refractivity contribution in [3.05, 3.63) is 122 Å². The normalized spacial score (nSPS) is 12.2. The van der Waals surface area contributed by atoms with Crippen LogP contribution in [0.4, 0.5) is 0 Å². The minimum Gasteiger partial charge on any atom is -0.493 e. The number of aryl methyl sites for hydroxylation is 1.